The fourth-order valence-electron chi connectivity index (χ4n) is 7.00. The van der Waals surface area contributed by atoms with Crippen LogP contribution in [0, 0.1) is 11.3 Å². The van der Waals surface area contributed by atoms with Gasteiger partial charge in [0.2, 0.25) is 23.5 Å². The maximum absolute atomic E-state index is 14.7. The Kier molecular flexibility index (Phi) is 12.2. The highest BCUT2D eigenvalue weighted by Crippen LogP contribution is 2.30. The first-order valence-corrected chi connectivity index (χ1v) is 18.3. The number of rotatable bonds is 13. The Morgan fingerprint density at radius 1 is 0.902 bits per heavy atom. The molecule has 0 radical (unpaired) electrons. The van der Waals surface area contributed by atoms with Crippen LogP contribution in [0.2, 0.25) is 0 Å². The fourth-order valence-corrected chi connectivity index (χ4v) is 7.00. The van der Waals surface area contributed by atoms with E-state index in [4.69, 9.17) is 0 Å². The summed E-state index contributed by atoms with van der Waals surface area (Å²) in [7, 11) is 0. The van der Waals surface area contributed by atoms with E-state index in [1.165, 1.54) is 23.5 Å². The molecule has 1 aliphatic heterocycles. The highest BCUT2D eigenvalue weighted by atomic mass is 16.2. The first-order valence-electron chi connectivity index (χ1n) is 18.3. The molecule has 2 saturated carbocycles. The van der Waals surface area contributed by atoms with E-state index in [1.54, 1.807) is 0 Å². The minimum Gasteiger partial charge on any atom is -0.347 e. The molecule has 274 valence electrons. The van der Waals surface area contributed by atoms with Crippen molar-refractivity contribution >= 4 is 35.3 Å². The van der Waals surface area contributed by atoms with Crippen molar-refractivity contribution in [2.24, 2.45) is 11.3 Å². The topological polar surface area (TPSA) is 180 Å². The van der Waals surface area contributed by atoms with Crippen molar-refractivity contribution in [3.8, 4) is 0 Å². The molecule has 5 amide bonds. The van der Waals surface area contributed by atoms with E-state index in [-0.39, 0.29) is 37.0 Å². The molecular formula is C38H51N7O6. The highest BCUT2D eigenvalue weighted by molar-refractivity contribution is 6.38. The number of Topliss-reactive ketones (excluding diaryl/α,β-unsaturated/α-hetero) is 1. The van der Waals surface area contributed by atoms with E-state index in [1.807, 2.05) is 52.0 Å². The smallest absolute Gasteiger partial charge is 0.289 e. The molecule has 2 heterocycles. The minimum atomic E-state index is -1.07. The van der Waals surface area contributed by atoms with E-state index in [0.29, 0.717) is 6.42 Å². The molecule has 0 saturated heterocycles. The second kappa shape index (κ2) is 16.6. The third-order valence-electron chi connectivity index (χ3n) is 10.1. The second-order valence-corrected chi connectivity index (χ2v) is 15.2. The van der Waals surface area contributed by atoms with Gasteiger partial charge in [0.1, 0.15) is 23.8 Å². The lowest BCUT2D eigenvalue weighted by Gasteiger charge is -2.42. The first-order chi connectivity index (χ1) is 24.4. The van der Waals surface area contributed by atoms with E-state index in [2.05, 4.69) is 31.2 Å². The molecule has 51 heavy (non-hydrogen) atoms. The summed E-state index contributed by atoms with van der Waals surface area (Å²) < 4.78 is 0. The number of amides is 5. The molecule has 2 aromatic rings. The largest absolute Gasteiger partial charge is 0.347 e. The number of benzene rings is 1. The number of hydrogen-bond donors (Lipinski definition) is 4. The summed E-state index contributed by atoms with van der Waals surface area (Å²) in [5.41, 5.74) is 1.06. The summed E-state index contributed by atoms with van der Waals surface area (Å²) in [6.07, 6.45) is 11.2. The molecule has 2 aliphatic carbocycles. The SMILES string of the molecule is CCC[C@H](NC(=O)[C@@H]1Cc2ccccc2CN1C(=O)[C@H](NC(=O)[C@@H](NC(=O)c1cnccn1)C1CCCCC1)C(C)(C)C)C(=O)C(=O)NC1CC1. The van der Waals surface area contributed by atoms with Crippen molar-refractivity contribution in [2.45, 2.75) is 129 Å². The highest BCUT2D eigenvalue weighted by Gasteiger charge is 2.44. The third kappa shape index (κ3) is 9.56. The Labute approximate surface area is 299 Å². The van der Waals surface area contributed by atoms with Gasteiger partial charge >= 0.3 is 0 Å². The monoisotopic (exact) mass is 701 g/mol. The zero-order chi connectivity index (χ0) is 36.7. The Hall–Kier alpha value is -4.68. The summed E-state index contributed by atoms with van der Waals surface area (Å²) in [5, 5.41) is 11.4. The first kappa shape index (κ1) is 37.6. The van der Waals surface area contributed by atoms with Crippen LogP contribution in [-0.4, -0.2) is 80.4 Å². The Morgan fingerprint density at radius 3 is 2.24 bits per heavy atom. The molecule has 0 unspecified atom stereocenters. The zero-order valence-corrected chi connectivity index (χ0v) is 30.1. The van der Waals surface area contributed by atoms with Crippen molar-refractivity contribution < 1.29 is 28.8 Å². The maximum Gasteiger partial charge on any atom is 0.289 e. The van der Waals surface area contributed by atoms with Gasteiger partial charge in [0.05, 0.1) is 12.2 Å². The maximum atomic E-state index is 14.7. The summed E-state index contributed by atoms with van der Waals surface area (Å²) in [4.78, 5) is 91.6. The van der Waals surface area contributed by atoms with Gasteiger partial charge in [0, 0.05) is 31.4 Å². The van der Waals surface area contributed by atoms with Crippen LogP contribution in [0.25, 0.3) is 0 Å². The molecule has 13 heteroatoms. The molecule has 1 aromatic heterocycles. The van der Waals surface area contributed by atoms with Crippen molar-refractivity contribution in [3.63, 3.8) is 0 Å². The van der Waals surface area contributed by atoms with Crippen molar-refractivity contribution in [1.29, 1.82) is 0 Å². The predicted octanol–water partition coefficient (Wildman–Crippen LogP) is 2.77. The number of aromatic nitrogens is 2. The average molecular weight is 702 g/mol. The summed E-state index contributed by atoms with van der Waals surface area (Å²) in [5.74, 6) is -3.58. The fraction of sp³-hybridized carbons (Fsp3) is 0.579. The number of carbonyl (C=O) groups excluding carboxylic acids is 6. The molecule has 0 bridgehead atoms. The van der Waals surface area contributed by atoms with Crippen molar-refractivity contribution in [2.75, 3.05) is 0 Å². The molecule has 4 N–H and O–H groups in total. The van der Waals surface area contributed by atoms with Crippen LogP contribution in [0.1, 0.15) is 107 Å². The molecule has 5 rings (SSSR count). The lowest BCUT2D eigenvalue weighted by Crippen LogP contribution is -2.63. The lowest BCUT2D eigenvalue weighted by molar-refractivity contribution is -0.148. The molecule has 4 atom stereocenters. The van der Waals surface area contributed by atoms with Gasteiger partial charge in [-0.3, -0.25) is 33.8 Å². The van der Waals surface area contributed by atoms with Gasteiger partial charge in [-0.1, -0.05) is 77.6 Å². The van der Waals surface area contributed by atoms with Crippen molar-refractivity contribution in [1.82, 2.24) is 36.1 Å². The molecule has 13 nitrogen and oxygen atoms in total. The van der Waals surface area contributed by atoms with Gasteiger partial charge < -0.3 is 26.2 Å². The van der Waals surface area contributed by atoms with Gasteiger partial charge in [0.15, 0.2) is 0 Å². The Balaban J connectivity index is 1.40. The van der Waals surface area contributed by atoms with E-state index < -0.39 is 64.9 Å². The third-order valence-corrected chi connectivity index (χ3v) is 10.1. The summed E-state index contributed by atoms with van der Waals surface area (Å²) in [6.45, 7) is 7.49. The average Bonchev–Trinajstić information content (AvgIpc) is 3.95. The van der Waals surface area contributed by atoms with Gasteiger partial charge in [0.25, 0.3) is 11.8 Å². The van der Waals surface area contributed by atoms with Crippen LogP contribution >= 0.6 is 0 Å². The molecule has 3 aliphatic rings. The van der Waals surface area contributed by atoms with Gasteiger partial charge in [-0.05, 0) is 54.6 Å². The zero-order valence-electron chi connectivity index (χ0n) is 30.1. The van der Waals surface area contributed by atoms with Gasteiger partial charge in [-0.25, -0.2) is 4.98 Å². The van der Waals surface area contributed by atoms with E-state index in [0.717, 1.165) is 56.1 Å². The lowest BCUT2D eigenvalue weighted by atomic mass is 9.81. The van der Waals surface area contributed by atoms with E-state index in [9.17, 15) is 28.8 Å². The van der Waals surface area contributed by atoms with Crippen LogP contribution < -0.4 is 21.3 Å². The Morgan fingerprint density at radius 2 is 1.61 bits per heavy atom. The molecule has 1 aromatic carbocycles. The van der Waals surface area contributed by atoms with Crippen LogP contribution in [-0.2, 0) is 36.9 Å². The summed E-state index contributed by atoms with van der Waals surface area (Å²) >= 11 is 0. The normalized spacial score (nSPS) is 19.5. The quantitative estimate of drug-likeness (QED) is 0.230. The number of nitrogens with one attached hydrogen (secondary N) is 4. The van der Waals surface area contributed by atoms with Crippen LogP contribution in [0.4, 0.5) is 0 Å². The second-order valence-electron chi connectivity index (χ2n) is 15.2. The number of ketones is 1. The van der Waals surface area contributed by atoms with Crippen LogP contribution in [0.5, 0.6) is 0 Å². The molecule has 2 fully saturated rings. The number of hydrogen-bond acceptors (Lipinski definition) is 8. The van der Waals surface area contributed by atoms with Crippen LogP contribution in [0.3, 0.4) is 0 Å². The molecule has 0 spiro atoms. The summed E-state index contributed by atoms with van der Waals surface area (Å²) in [6, 6.07) is 3.52. The minimum absolute atomic E-state index is 0.00928. The predicted molar refractivity (Wildman–Crippen MR) is 189 cm³/mol. The van der Waals surface area contributed by atoms with Gasteiger partial charge in [-0.15, -0.1) is 0 Å². The number of nitrogens with zero attached hydrogens (tertiary/aromatic N) is 3. The van der Waals surface area contributed by atoms with E-state index >= 15 is 0 Å². The standard InChI is InChI=1S/C38H51N7O6/c1-5-11-27(31(46)36(50)41-26-16-17-26)42-34(48)29-20-24-14-9-10-15-25(24)22-45(29)37(51)32(38(2,3)4)44-35(49)30(23-12-7-6-8-13-23)43-33(47)28-21-39-18-19-40-28/h9-10,14-15,18-19,21,23,26-27,29-30,32H,5-8,11-13,16-17,20,22H2,1-4H3,(H,41,50)(H,42,48)(H,43,47)(H,44,49)/t27-,29-,30-,32-/m0/s1. The number of carbonyl (C=O) groups is 6. The van der Waals surface area contributed by atoms with Crippen molar-refractivity contribution in [3.05, 3.63) is 59.7 Å². The van der Waals surface area contributed by atoms with Crippen LogP contribution in [0.15, 0.2) is 42.9 Å². The molecular weight excluding hydrogens is 650 g/mol. The Bertz CT molecular complexity index is 1600. The number of fused-ring (bicyclic) bond motifs is 1. The van der Waals surface area contributed by atoms with Gasteiger partial charge in [-0.2, -0.15) is 0 Å².